The van der Waals surface area contributed by atoms with Crippen molar-refractivity contribution in [2.45, 2.75) is 56.5 Å². The van der Waals surface area contributed by atoms with Crippen molar-refractivity contribution in [3.63, 3.8) is 0 Å². The summed E-state index contributed by atoms with van der Waals surface area (Å²) in [4.78, 5) is 63.7. The molecule has 5 unspecified atom stereocenters. The quantitative estimate of drug-likeness (QED) is 0.130. The van der Waals surface area contributed by atoms with Gasteiger partial charge in [-0.25, -0.2) is 4.79 Å². The van der Waals surface area contributed by atoms with Crippen molar-refractivity contribution in [1.82, 2.24) is 20.9 Å². The summed E-state index contributed by atoms with van der Waals surface area (Å²) < 4.78 is 0. The van der Waals surface area contributed by atoms with Crippen molar-refractivity contribution >= 4 is 40.6 Å². The van der Waals surface area contributed by atoms with Gasteiger partial charge in [0.1, 0.15) is 24.2 Å². The molecular weight excluding hydrogens is 490 g/mol. The van der Waals surface area contributed by atoms with Crippen LogP contribution in [0.15, 0.2) is 30.5 Å². The highest BCUT2D eigenvalue weighted by Crippen LogP contribution is 2.19. The standard InChI is InChI=1S/C23H31N5O9/c1-11(30)19(28-20(33)14(24)10-29)22(35)26-16(6-7-18(31)32)21(34)27-17(23(36)37)8-12-9-25-15-5-3-2-4-13(12)15/h2-5,9,11,14,16-17,19,25,29-30H,6-8,10,24H2,1H3,(H,26,35)(H,27,34)(H,28,33)(H,31,32)(H,36,37). The fourth-order valence-electron chi connectivity index (χ4n) is 3.54. The lowest BCUT2D eigenvalue weighted by Gasteiger charge is -2.26. The van der Waals surface area contributed by atoms with Crippen LogP contribution in [-0.2, 0) is 30.4 Å². The van der Waals surface area contributed by atoms with Gasteiger partial charge in [0.15, 0.2) is 0 Å². The molecule has 0 saturated carbocycles. The highest BCUT2D eigenvalue weighted by molar-refractivity contribution is 5.94. The van der Waals surface area contributed by atoms with E-state index in [9.17, 15) is 34.2 Å². The van der Waals surface area contributed by atoms with Crippen LogP contribution in [0.5, 0.6) is 0 Å². The zero-order valence-electron chi connectivity index (χ0n) is 20.0. The maximum atomic E-state index is 13.0. The number of aliphatic hydroxyl groups is 2. The Balaban J connectivity index is 2.19. The molecule has 0 saturated heterocycles. The molecule has 5 atom stereocenters. The van der Waals surface area contributed by atoms with Gasteiger partial charge in [-0.3, -0.25) is 19.2 Å². The third-order valence-electron chi connectivity index (χ3n) is 5.59. The molecule has 1 aromatic heterocycles. The first-order valence-corrected chi connectivity index (χ1v) is 11.4. The number of aliphatic hydroxyl groups excluding tert-OH is 2. The van der Waals surface area contributed by atoms with Crippen molar-refractivity contribution in [2.75, 3.05) is 6.61 Å². The summed E-state index contributed by atoms with van der Waals surface area (Å²) in [5, 5.41) is 45.2. The first kappa shape index (κ1) is 29.2. The van der Waals surface area contributed by atoms with Crippen LogP contribution in [0, 0.1) is 0 Å². The van der Waals surface area contributed by atoms with Crippen LogP contribution >= 0.6 is 0 Å². The van der Waals surface area contributed by atoms with Crippen LogP contribution in [0.25, 0.3) is 10.9 Å². The number of H-pyrrole nitrogens is 1. The Morgan fingerprint density at radius 3 is 2.22 bits per heavy atom. The summed E-state index contributed by atoms with van der Waals surface area (Å²) >= 11 is 0. The number of carbonyl (C=O) groups excluding carboxylic acids is 3. The smallest absolute Gasteiger partial charge is 0.326 e. The number of hydrogen-bond acceptors (Lipinski definition) is 8. The number of hydrogen-bond donors (Lipinski definition) is 9. The van der Waals surface area contributed by atoms with Gasteiger partial charge >= 0.3 is 11.9 Å². The van der Waals surface area contributed by atoms with E-state index >= 15 is 0 Å². The minimum atomic E-state index is -1.59. The number of nitrogens with two attached hydrogens (primary N) is 1. The van der Waals surface area contributed by atoms with Gasteiger partial charge < -0.3 is 47.1 Å². The Morgan fingerprint density at radius 2 is 1.62 bits per heavy atom. The second kappa shape index (κ2) is 13.3. The number of para-hydroxylation sites is 1. The lowest BCUT2D eigenvalue weighted by molar-refractivity contribution is -0.143. The topological polar surface area (TPSA) is 244 Å². The normalized spacial score (nSPS) is 15.1. The fraction of sp³-hybridized carbons (Fsp3) is 0.435. The molecule has 0 spiro atoms. The molecule has 2 aromatic rings. The number of benzene rings is 1. The van der Waals surface area contributed by atoms with Crippen LogP contribution in [-0.4, -0.2) is 91.9 Å². The van der Waals surface area contributed by atoms with Crippen molar-refractivity contribution in [3.05, 3.63) is 36.0 Å². The molecule has 2 rings (SSSR count). The number of carboxylic acid groups (broad SMARTS) is 2. The van der Waals surface area contributed by atoms with Crippen molar-refractivity contribution < 1.29 is 44.4 Å². The summed E-state index contributed by atoms with van der Waals surface area (Å²) in [6.07, 6.45) is -0.881. The van der Waals surface area contributed by atoms with E-state index in [4.69, 9.17) is 15.9 Å². The lowest BCUT2D eigenvalue weighted by atomic mass is 10.0. The maximum absolute atomic E-state index is 13.0. The molecule has 14 nitrogen and oxygen atoms in total. The number of nitrogens with one attached hydrogen (secondary N) is 4. The number of aromatic nitrogens is 1. The van der Waals surface area contributed by atoms with E-state index in [-0.39, 0.29) is 6.42 Å². The Labute approximate surface area is 211 Å². The van der Waals surface area contributed by atoms with Crippen molar-refractivity contribution in [1.29, 1.82) is 0 Å². The van der Waals surface area contributed by atoms with E-state index in [0.717, 1.165) is 10.9 Å². The summed E-state index contributed by atoms with van der Waals surface area (Å²) in [6.45, 7) is 0.458. The summed E-state index contributed by atoms with van der Waals surface area (Å²) in [5.41, 5.74) is 6.79. The molecule has 1 aromatic carbocycles. The van der Waals surface area contributed by atoms with Crippen LogP contribution < -0.4 is 21.7 Å². The van der Waals surface area contributed by atoms with Crippen LogP contribution in [0.2, 0.25) is 0 Å². The zero-order valence-corrected chi connectivity index (χ0v) is 20.0. The molecule has 0 radical (unpaired) electrons. The maximum Gasteiger partial charge on any atom is 0.326 e. The molecule has 0 bridgehead atoms. The Morgan fingerprint density at radius 1 is 0.973 bits per heavy atom. The van der Waals surface area contributed by atoms with Gasteiger partial charge in [0, 0.05) is 29.9 Å². The van der Waals surface area contributed by atoms with Crippen LogP contribution in [0.1, 0.15) is 25.3 Å². The van der Waals surface area contributed by atoms with Gasteiger partial charge in [0.05, 0.1) is 12.7 Å². The number of aromatic amines is 1. The largest absolute Gasteiger partial charge is 0.481 e. The average Bonchev–Trinajstić information content (AvgIpc) is 3.26. The van der Waals surface area contributed by atoms with Gasteiger partial charge in [-0.2, -0.15) is 0 Å². The highest BCUT2D eigenvalue weighted by Gasteiger charge is 2.32. The van der Waals surface area contributed by atoms with E-state index in [0.29, 0.717) is 5.56 Å². The lowest BCUT2D eigenvalue weighted by Crippen LogP contribution is -2.60. The summed E-state index contributed by atoms with van der Waals surface area (Å²) in [6, 6.07) is 1.28. The molecule has 14 heteroatoms. The molecule has 1 heterocycles. The fourth-order valence-corrected chi connectivity index (χ4v) is 3.54. The molecule has 10 N–H and O–H groups in total. The minimum Gasteiger partial charge on any atom is -0.481 e. The Kier molecular flexibility index (Phi) is 10.5. The zero-order chi connectivity index (χ0) is 27.7. The van der Waals surface area contributed by atoms with Crippen molar-refractivity contribution in [3.8, 4) is 0 Å². The highest BCUT2D eigenvalue weighted by atomic mass is 16.4. The second-order valence-electron chi connectivity index (χ2n) is 8.47. The van der Waals surface area contributed by atoms with E-state index in [1.54, 1.807) is 30.5 Å². The van der Waals surface area contributed by atoms with Gasteiger partial charge in [-0.15, -0.1) is 0 Å². The van der Waals surface area contributed by atoms with Crippen molar-refractivity contribution in [2.24, 2.45) is 5.73 Å². The number of carbonyl (C=O) groups is 5. The van der Waals surface area contributed by atoms with Gasteiger partial charge in [0.25, 0.3) is 0 Å². The molecular formula is C23H31N5O9. The first-order valence-electron chi connectivity index (χ1n) is 11.4. The molecule has 37 heavy (non-hydrogen) atoms. The number of rotatable bonds is 14. The molecule has 0 fully saturated rings. The van der Waals surface area contributed by atoms with Gasteiger partial charge in [-0.05, 0) is 25.0 Å². The van der Waals surface area contributed by atoms with E-state index < -0.39 is 79.4 Å². The molecule has 0 aliphatic carbocycles. The number of carboxylic acids is 2. The average molecular weight is 522 g/mol. The van der Waals surface area contributed by atoms with E-state index in [2.05, 4.69) is 20.9 Å². The van der Waals surface area contributed by atoms with Gasteiger partial charge in [0.2, 0.25) is 17.7 Å². The third kappa shape index (κ3) is 8.27. The molecule has 0 aliphatic rings. The SMILES string of the molecule is CC(O)C(NC(=O)C(N)CO)C(=O)NC(CCC(=O)O)C(=O)NC(Cc1c[nH]c2ccccc12)C(=O)O. The Bertz CT molecular complexity index is 1130. The predicted molar refractivity (Wildman–Crippen MR) is 129 cm³/mol. The summed E-state index contributed by atoms with van der Waals surface area (Å²) in [5.74, 6) is -5.57. The Hall–Kier alpha value is -4.01. The third-order valence-corrected chi connectivity index (χ3v) is 5.59. The minimum absolute atomic E-state index is 0.101. The first-order chi connectivity index (χ1) is 17.4. The molecule has 3 amide bonds. The predicted octanol–water partition coefficient (Wildman–Crippen LogP) is -2.19. The number of aliphatic carboxylic acids is 2. The van der Waals surface area contributed by atoms with E-state index in [1.165, 1.54) is 6.92 Å². The summed E-state index contributed by atoms with van der Waals surface area (Å²) in [7, 11) is 0. The molecule has 0 aliphatic heterocycles. The number of fused-ring (bicyclic) bond motifs is 1. The van der Waals surface area contributed by atoms with Crippen LogP contribution in [0.3, 0.4) is 0 Å². The van der Waals surface area contributed by atoms with E-state index in [1.807, 2.05) is 0 Å². The number of amides is 3. The molecule has 202 valence electrons. The van der Waals surface area contributed by atoms with Crippen LogP contribution in [0.4, 0.5) is 0 Å². The van der Waals surface area contributed by atoms with Gasteiger partial charge in [-0.1, -0.05) is 18.2 Å². The second-order valence-corrected chi connectivity index (χ2v) is 8.47. The monoisotopic (exact) mass is 521 g/mol.